The Labute approximate surface area is 126 Å². The van der Waals surface area contributed by atoms with E-state index in [1.807, 2.05) is 5.32 Å². The molecule has 1 aromatic carbocycles. The van der Waals surface area contributed by atoms with Crippen molar-refractivity contribution in [2.24, 2.45) is 0 Å². The topological polar surface area (TPSA) is 73.6 Å². The van der Waals surface area contributed by atoms with Crippen molar-refractivity contribution in [2.45, 2.75) is 38.6 Å². The third-order valence-electron chi connectivity index (χ3n) is 2.58. The summed E-state index contributed by atoms with van der Waals surface area (Å²) >= 11 is 0. The summed E-state index contributed by atoms with van der Waals surface area (Å²) in [4.78, 5) is 11.6. The summed E-state index contributed by atoms with van der Waals surface area (Å²) in [5.41, 5.74) is 4.67. The highest BCUT2D eigenvalue weighted by atomic mass is 19.4. The third kappa shape index (κ3) is 5.01. The lowest BCUT2D eigenvalue weighted by atomic mass is 10.1. The van der Waals surface area contributed by atoms with Gasteiger partial charge in [-0.05, 0) is 38.5 Å². The minimum Gasteiger partial charge on any atom is -0.495 e. The molecule has 124 valence electrons. The van der Waals surface area contributed by atoms with E-state index >= 15 is 0 Å². The van der Waals surface area contributed by atoms with Crippen LogP contribution < -0.4 is 15.8 Å². The first-order valence-corrected chi connectivity index (χ1v) is 6.43. The van der Waals surface area contributed by atoms with Crippen LogP contribution in [-0.4, -0.2) is 25.0 Å². The third-order valence-corrected chi connectivity index (χ3v) is 2.58. The molecule has 0 radical (unpaired) electrons. The maximum Gasteiger partial charge on any atom is 0.412 e. The van der Waals surface area contributed by atoms with Crippen molar-refractivity contribution in [3.63, 3.8) is 0 Å². The van der Waals surface area contributed by atoms with Gasteiger partial charge in [0.2, 0.25) is 0 Å². The number of rotatable bonds is 3. The molecule has 0 aliphatic rings. The number of carbonyl (C=O) groups excluding carboxylic acids is 1. The Bertz CT molecular complexity index is 539. The van der Waals surface area contributed by atoms with Gasteiger partial charge in [-0.25, -0.2) is 4.79 Å². The lowest BCUT2D eigenvalue weighted by Crippen LogP contribution is -2.41. The Morgan fingerprint density at radius 3 is 2.32 bits per heavy atom. The van der Waals surface area contributed by atoms with Crippen molar-refractivity contribution >= 4 is 11.8 Å². The number of methoxy groups -OCH3 is 1. The molecule has 0 aromatic heterocycles. The molecule has 0 saturated carbocycles. The van der Waals surface area contributed by atoms with E-state index in [9.17, 15) is 18.0 Å². The van der Waals surface area contributed by atoms with E-state index in [-0.39, 0.29) is 17.0 Å². The molecule has 1 aromatic rings. The van der Waals surface area contributed by atoms with Gasteiger partial charge in [-0.2, -0.15) is 13.2 Å². The van der Waals surface area contributed by atoms with Crippen molar-refractivity contribution < 1.29 is 27.4 Å². The van der Waals surface area contributed by atoms with Gasteiger partial charge in [0.05, 0.1) is 12.8 Å². The molecule has 1 unspecified atom stereocenters. The molecule has 3 N–H and O–H groups in total. The van der Waals surface area contributed by atoms with Crippen LogP contribution in [0.4, 0.5) is 23.7 Å². The predicted octanol–water partition coefficient (Wildman–Crippen LogP) is 3.41. The summed E-state index contributed by atoms with van der Waals surface area (Å²) in [6.45, 7) is 4.67. The number of ether oxygens (including phenoxy) is 2. The number of carbonyl (C=O) groups is 1. The number of alkyl halides is 3. The number of alkyl carbamates (subject to hydrolysis) is 1. The summed E-state index contributed by atoms with van der Waals surface area (Å²) in [7, 11) is 1.29. The first-order chi connectivity index (χ1) is 9.94. The molecule has 0 bridgehead atoms. The van der Waals surface area contributed by atoms with Crippen LogP contribution in [0.5, 0.6) is 5.75 Å². The number of nitrogens with one attached hydrogen (secondary N) is 1. The minimum atomic E-state index is -4.70. The number of nitrogens with two attached hydrogens (primary N) is 1. The Morgan fingerprint density at radius 2 is 1.86 bits per heavy atom. The molecule has 0 spiro atoms. The second kappa shape index (κ2) is 6.33. The fourth-order valence-electron chi connectivity index (χ4n) is 1.69. The van der Waals surface area contributed by atoms with Crippen LogP contribution >= 0.6 is 0 Å². The number of anilines is 1. The summed E-state index contributed by atoms with van der Waals surface area (Å²) in [5, 5.41) is 1.82. The molecular weight excluding hydrogens is 301 g/mol. The van der Waals surface area contributed by atoms with E-state index in [1.54, 1.807) is 20.8 Å². The number of halogens is 3. The van der Waals surface area contributed by atoms with Gasteiger partial charge in [-0.3, -0.25) is 0 Å². The second-order valence-electron chi connectivity index (χ2n) is 5.62. The molecule has 0 aliphatic carbocycles. The van der Waals surface area contributed by atoms with E-state index in [1.165, 1.54) is 19.2 Å². The number of benzene rings is 1. The highest BCUT2D eigenvalue weighted by Crippen LogP contribution is 2.35. The van der Waals surface area contributed by atoms with E-state index in [4.69, 9.17) is 15.2 Å². The molecule has 1 rings (SSSR count). The Kier molecular flexibility index (Phi) is 5.16. The summed E-state index contributed by atoms with van der Waals surface area (Å²) < 4.78 is 49.3. The quantitative estimate of drug-likeness (QED) is 0.837. The van der Waals surface area contributed by atoms with Gasteiger partial charge in [0, 0.05) is 0 Å². The zero-order valence-electron chi connectivity index (χ0n) is 12.7. The van der Waals surface area contributed by atoms with Gasteiger partial charge < -0.3 is 20.5 Å². The molecule has 22 heavy (non-hydrogen) atoms. The molecule has 0 aliphatic heterocycles. The average molecular weight is 320 g/mol. The smallest absolute Gasteiger partial charge is 0.412 e. The maximum atomic E-state index is 13.2. The number of hydrogen-bond acceptors (Lipinski definition) is 4. The number of amides is 1. The van der Waals surface area contributed by atoms with Crippen LogP contribution in [0.2, 0.25) is 0 Å². The van der Waals surface area contributed by atoms with Gasteiger partial charge in [0.25, 0.3) is 0 Å². The van der Waals surface area contributed by atoms with Gasteiger partial charge >= 0.3 is 12.3 Å². The van der Waals surface area contributed by atoms with Crippen molar-refractivity contribution in [3.8, 4) is 5.75 Å². The normalized spacial score (nSPS) is 13.4. The van der Waals surface area contributed by atoms with E-state index in [0.29, 0.717) is 0 Å². The second-order valence-corrected chi connectivity index (χ2v) is 5.62. The zero-order valence-corrected chi connectivity index (χ0v) is 12.7. The van der Waals surface area contributed by atoms with Gasteiger partial charge in [-0.15, -0.1) is 0 Å². The number of hydrogen-bond donors (Lipinski definition) is 2. The highest BCUT2D eigenvalue weighted by Gasteiger charge is 2.43. The van der Waals surface area contributed by atoms with Crippen LogP contribution in [0.3, 0.4) is 0 Å². The van der Waals surface area contributed by atoms with Crippen LogP contribution in [-0.2, 0) is 4.74 Å². The van der Waals surface area contributed by atoms with Crippen LogP contribution in [0, 0.1) is 0 Å². The highest BCUT2D eigenvalue weighted by molar-refractivity contribution is 5.69. The summed E-state index contributed by atoms with van der Waals surface area (Å²) in [6, 6.07) is 1.36. The largest absolute Gasteiger partial charge is 0.495 e. The molecule has 0 heterocycles. The van der Waals surface area contributed by atoms with E-state index < -0.39 is 23.9 Å². The van der Waals surface area contributed by atoms with Crippen LogP contribution in [0.15, 0.2) is 18.2 Å². The number of nitrogen functional groups attached to an aromatic ring is 1. The average Bonchev–Trinajstić information content (AvgIpc) is 2.33. The van der Waals surface area contributed by atoms with Crippen molar-refractivity contribution in [2.75, 3.05) is 12.8 Å². The van der Waals surface area contributed by atoms with Gasteiger partial charge in [0.1, 0.15) is 11.4 Å². The Hall–Kier alpha value is -2.12. The van der Waals surface area contributed by atoms with Crippen LogP contribution in [0.1, 0.15) is 32.4 Å². The van der Waals surface area contributed by atoms with Gasteiger partial charge in [-0.1, -0.05) is 6.07 Å². The molecule has 1 amide bonds. The zero-order chi connectivity index (χ0) is 17.1. The fourth-order valence-corrected chi connectivity index (χ4v) is 1.69. The van der Waals surface area contributed by atoms with Crippen LogP contribution in [0.25, 0.3) is 0 Å². The summed E-state index contributed by atoms with van der Waals surface area (Å²) in [6.07, 6.45) is -5.86. The van der Waals surface area contributed by atoms with Crippen molar-refractivity contribution in [1.82, 2.24) is 5.32 Å². The maximum absolute atomic E-state index is 13.2. The monoisotopic (exact) mass is 320 g/mol. The van der Waals surface area contributed by atoms with Gasteiger partial charge in [0.15, 0.2) is 6.04 Å². The van der Waals surface area contributed by atoms with Crippen molar-refractivity contribution in [3.05, 3.63) is 23.8 Å². The molecule has 5 nitrogen and oxygen atoms in total. The van der Waals surface area contributed by atoms with Crippen molar-refractivity contribution in [1.29, 1.82) is 0 Å². The SMILES string of the molecule is COc1cc(C(NC(=O)OC(C)(C)C)C(F)(F)F)ccc1N. The standard InChI is InChI=1S/C14H19F3N2O3/c1-13(2,3)22-12(20)19-11(14(15,16)17)8-5-6-9(18)10(7-8)21-4/h5-7,11H,18H2,1-4H3,(H,19,20). The first kappa shape index (κ1) is 17.9. The first-order valence-electron chi connectivity index (χ1n) is 6.43. The Balaban J connectivity index is 3.07. The summed E-state index contributed by atoms with van der Waals surface area (Å²) in [5.74, 6) is 0.0951. The van der Waals surface area contributed by atoms with E-state index in [0.717, 1.165) is 6.07 Å². The molecule has 1 atom stereocenters. The molecule has 0 fully saturated rings. The molecule has 8 heteroatoms. The fraction of sp³-hybridized carbons (Fsp3) is 0.500. The van der Waals surface area contributed by atoms with E-state index in [2.05, 4.69) is 0 Å². The molecule has 0 saturated heterocycles. The Morgan fingerprint density at radius 1 is 1.27 bits per heavy atom. The lowest BCUT2D eigenvalue weighted by Gasteiger charge is -2.25. The molecular formula is C14H19F3N2O3. The predicted molar refractivity (Wildman–Crippen MR) is 75.6 cm³/mol. The lowest BCUT2D eigenvalue weighted by molar-refractivity contribution is -0.157. The minimum absolute atomic E-state index is 0.0951.